The Bertz CT molecular complexity index is 750. The smallest absolute Gasteiger partial charge is 0.323 e. The Hall–Kier alpha value is -2.22. The predicted molar refractivity (Wildman–Crippen MR) is 71.7 cm³/mol. The van der Waals surface area contributed by atoms with Crippen LogP contribution in [0.15, 0.2) is 22.6 Å². The molecule has 1 aliphatic heterocycles. The fraction of sp³-hybridized carbons (Fsp3) is 0.333. The molecule has 0 radical (unpaired) electrons. The Morgan fingerprint density at radius 1 is 1.50 bits per heavy atom. The molecule has 3 rings (SSSR count). The third-order valence-electron chi connectivity index (χ3n) is 3.33. The highest BCUT2D eigenvalue weighted by Gasteiger charge is 2.34. The highest BCUT2D eigenvalue weighted by molar-refractivity contribution is 7.17. The number of likely N-dealkylation sites (tertiary alicyclic amines) is 1. The van der Waals surface area contributed by atoms with Crippen LogP contribution in [0.3, 0.4) is 0 Å². The SMILES string of the molecule is O=C(O)CN1CCC(n2cnc3ccsc3c2=O)C1=O. The summed E-state index contributed by atoms with van der Waals surface area (Å²) in [5.74, 6) is -1.40. The maximum Gasteiger partial charge on any atom is 0.323 e. The molecule has 1 fully saturated rings. The van der Waals surface area contributed by atoms with Crippen molar-refractivity contribution in [2.24, 2.45) is 0 Å². The summed E-state index contributed by atoms with van der Waals surface area (Å²) >= 11 is 1.28. The lowest BCUT2D eigenvalue weighted by molar-refractivity contribution is -0.143. The second-order valence-electron chi connectivity index (χ2n) is 4.55. The third-order valence-corrected chi connectivity index (χ3v) is 4.22. The molecule has 2 aromatic rings. The highest BCUT2D eigenvalue weighted by atomic mass is 32.1. The first-order valence-corrected chi connectivity index (χ1v) is 6.91. The number of rotatable bonds is 3. The number of nitrogens with zero attached hydrogens (tertiary/aromatic N) is 3. The van der Waals surface area contributed by atoms with Crippen LogP contribution in [0.4, 0.5) is 0 Å². The number of thiophene rings is 1. The number of hydrogen-bond donors (Lipinski definition) is 1. The van der Waals surface area contributed by atoms with Gasteiger partial charge in [-0.3, -0.25) is 19.0 Å². The number of hydrogen-bond acceptors (Lipinski definition) is 5. The molecule has 0 bridgehead atoms. The molecule has 0 spiro atoms. The number of aromatic nitrogens is 2. The Balaban J connectivity index is 1.96. The molecule has 3 heterocycles. The molecule has 1 unspecified atom stereocenters. The van der Waals surface area contributed by atoms with Crippen molar-refractivity contribution < 1.29 is 14.7 Å². The van der Waals surface area contributed by atoms with E-state index in [0.29, 0.717) is 23.2 Å². The van der Waals surface area contributed by atoms with Crippen LogP contribution in [0.2, 0.25) is 0 Å². The van der Waals surface area contributed by atoms with Crippen LogP contribution < -0.4 is 5.56 Å². The molecule has 0 aliphatic carbocycles. The number of amides is 1. The molecule has 0 aromatic carbocycles. The summed E-state index contributed by atoms with van der Waals surface area (Å²) in [6.45, 7) is 0.00345. The van der Waals surface area contributed by atoms with E-state index in [4.69, 9.17) is 5.11 Å². The fourth-order valence-electron chi connectivity index (χ4n) is 2.38. The van der Waals surface area contributed by atoms with Gasteiger partial charge in [-0.25, -0.2) is 4.98 Å². The zero-order valence-electron chi connectivity index (χ0n) is 10.4. The summed E-state index contributed by atoms with van der Waals surface area (Å²) < 4.78 is 1.82. The lowest BCUT2D eigenvalue weighted by atomic mass is 10.2. The summed E-state index contributed by atoms with van der Waals surface area (Å²) in [5, 5.41) is 10.5. The Morgan fingerprint density at radius 3 is 3.05 bits per heavy atom. The predicted octanol–water partition coefficient (Wildman–Crippen LogP) is 0.316. The number of carbonyl (C=O) groups excluding carboxylic acids is 1. The second-order valence-corrected chi connectivity index (χ2v) is 5.47. The Morgan fingerprint density at radius 2 is 2.30 bits per heavy atom. The first-order valence-electron chi connectivity index (χ1n) is 6.03. The first-order chi connectivity index (χ1) is 9.58. The zero-order chi connectivity index (χ0) is 14.3. The van der Waals surface area contributed by atoms with Gasteiger partial charge in [-0.05, 0) is 17.9 Å². The Labute approximate surface area is 117 Å². The standard InChI is InChI=1S/C12H11N3O4S/c16-9(17)5-14-3-1-8(11(14)18)15-6-13-7-2-4-20-10(7)12(15)19/h2,4,6,8H,1,3,5H2,(H,16,17). The van der Waals surface area contributed by atoms with Crippen LogP contribution in [0, 0.1) is 0 Å². The van der Waals surface area contributed by atoms with Crippen LogP contribution in [0.1, 0.15) is 12.5 Å². The molecule has 104 valence electrons. The summed E-state index contributed by atoms with van der Waals surface area (Å²) in [6.07, 6.45) is 1.79. The average molecular weight is 293 g/mol. The van der Waals surface area contributed by atoms with E-state index < -0.39 is 12.0 Å². The Kier molecular flexibility index (Phi) is 3.01. The van der Waals surface area contributed by atoms with E-state index in [2.05, 4.69) is 4.98 Å². The van der Waals surface area contributed by atoms with E-state index in [0.717, 1.165) is 0 Å². The molecule has 7 nitrogen and oxygen atoms in total. The monoisotopic (exact) mass is 293 g/mol. The minimum atomic E-state index is -1.06. The number of carboxylic acid groups (broad SMARTS) is 1. The van der Waals surface area contributed by atoms with Gasteiger partial charge < -0.3 is 10.0 Å². The van der Waals surface area contributed by atoms with Crippen molar-refractivity contribution in [3.63, 3.8) is 0 Å². The summed E-state index contributed by atoms with van der Waals surface area (Å²) in [6, 6.07) is 1.10. The van der Waals surface area contributed by atoms with E-state index >= 15 is 0 Å². The van der Waals surface area contributed by atoms with Gasteiger partial charge in [-0.15, -0.1) is 11.3 Å². The number of carboxylic acids is 1. The van der Waals surface area contributed by atoms with Gasteiger partial charge in [0.2, 0.25) is 5.91 Å². The molecule has 1 aliphatic rings. The maximum atomic E-state index is 12.3. The minimum Gasteiger partial charge on any atom is -0.480 e. The lowest BCUT2D eigenvalue weighted by Crippen LogP contribution is -2.35. The van der Waals surface area contributed by atoms with Crippen LogP contribution in [0.5, 0.6) is 0 Å². The van der Waals surface area contributed by atoms with E-state index in [1.165, 1.54) is 27.1 Å². The van der Waals surface area contributed by atoms with Crippen molar-refractivity contribution in [3.05, 3.63) is 28.1 Å². The molecule has 20 heavy (non-hydrogen) atoms. The molecule has 8 heteroatoms. The molecular weight excluding hydrogens is 282 g/mol. The summed E-state index contributed by atoms with van der Waals surface area (Å²) in [7, 11) is 0. The van der Waals surface area contributed by atoms with Gasteiger partial charge in [0.25, 0.3) is 5.56 Å². The molecule has 0 saturated carbocycles. The fourth-order valence-corrected chi connectivity index (χ4v) is 3.16. The topological polar surface area (TPSA) is 92.5 Å². The van der Waals surface area contributed by atoms with Crippen LogP contribution >= 0.6 is 11.3 Å². The normalized spacial score (nSPS) is 18.9. The van der Waals surface area contributed by atoms with Gasteiger partial charge in [0, 0.05) is 6.54 Å². The largest absolute Gasteiger partial charge is 0.480 e. The summed E-state index contributed by atoms with van der Waals surface area (Å²) in [5.41, 5.74) is 0.365. The lowest BCUT2D eigenvalue weighted by Gasteiger charge is -2.15. The van der Waals surface area contributed by atoms with Gasteiger partial charge in [0.1, 0.15) is 17.3 Å². The van der Waals surface area contributed by atoms with Crippen molar-refractivity contribution >= 4 is 33.4 Å². The van der Waals surface area contributed by atoms with Crippen molar-refractivity contribution in [1.82, 2.24) is 14.5 Å². The molecule has 1 N–H and O–H groups in total. The quantitative estimate of drug-likeness (QED) is 0.879. The highest BCUT2D eigenvalue weighted by Crippen LogP contribution is 2.23. The van der Waals surface area contributed by atoms with Gasteiger partial charge in [-0.2, -0.15) is 0 Å². The number of aliphatic carboxylic acids is 1. The van der Waals surface area contributed by atoms with Crippen LogP contribution in [-0.4, -0.2) is 44.5 Å². The van der Waals surface area contributed by atoms with Gasteiger partial charge in [0.15, 0.2) is 0 Å². The van der Waals surface area contributed by atoms with Gasteiger partial charge >= 0.3 is 5.97 Å². The van der Waals surface area contributed by atoms with Crippen molar-refractivity contribution in [2.45, 2.75) is 12.5 Å². The van der Waals surface area contributed by atoms with E-state index in [1.54, 1.807) is 11.4 Å². The van der Waals surface area contributed by atoms with Gasteiger partial charge in [0.05, 0.1) is 11.8 Å². The van der Waals surface area contributed by atoms with E-state index in [-0.39, 0.29) is 18.0 Å². The molecular formula is C12H11N3O4S. The minimum absolute atomic E-state index is 0.250. The molecule has 1 atom stereocenters. The second kappa shape index (κ2) is 4.71. The average Bonchev–Trinajstić information content (AvgIpc) is 2.99. The van der Waals surface area contributed by atoms with Crippen molar-refractivity contribution in [1.29, 1.82) is 0 Å². The molecule has 2 aromatic heterocycles. The first kappa shape index (κ1) is 12.8. The van der Waals surface area contributed by atoms with E-state index in [1.807, 2.05) is 0 Å². The summed E-state index contributed by atoms with van der Waals surface area (Å²) in [4.78, 5) is 40.5. The molecule has 1 saturated heterocycles. The van der Waals surface area contributed by atoms with Crippen LogP contribution in [0.25, 0.3) is 10.2 Å². The van der Waals surface area contributed by atoms with Gasteiger partial charge in [-0.1, -0.05) is 0 Å². The van der Waals surface area contributed by atoms with Crippen LogP contribution in [-0.2, 0) is 9.59 Å². The number of fused-ring (bicyclic) bond motifs is 1. The zero-order valence-corrected chi connectivity index (χ0v) is 11.2. The maximum absolute atomic E-state index is 12.3. The van der Waals surface area contributed by atoms with E-state index in [9.17, 15) is 14.4 Å². The third kappa shape index (κ3) is 1.97. The number of carbonyl (C=O) groups is 2. The van der Waals surface area contributed by atoms with Crippen molar-refractivity contribution in [2.75, 3.05) is 13.1 Å². The van der Waals surface area contributed by atoms with Crippen molar-refractivity contribution in [3.8, 4) is 0 Å². The molecule has 1 amide bonds.